The molecule has 1 unspecified atom stereocenters. The van der Waals surface area contributed by atoms with E-state index in [1.807, 2.05) is 26.4 Å². The van der Waals surface area contributed by atoms with Crippen LogP contribution < -0.4 is 5.32 Å². The summed E-state index contributed by atoms with van der Waals surface area (Å²) in [6.45, 7) is 5.69. The Balaban J connectivity index is 1.42. The van der Waals surface area contributed by atoms with Crippen LogP contribution in [0.25, 0.3) is 0 Å². The molecule has 2 N–H and O–H groups in total. The van der Waals surface area contributed by atoms with Gasteiger partial charge >= 0.3 is 0 Å². The number of carbonyl (C=O) groups is 1. The number of aromatic amines is 1. The van der Waals surface area contributed by atoms with Crippen molar-refractivity contribution in [2.75, 3.05) is 19.6 Å². The molecule has 130 valence electrons. The first-order valence-corrected chi connectivity index (χ1v) is 8.60. The maximum atomic E-state index is 12.0. The van der Waals surface area contributed by atoms with Crippen LogP contribution in [0.4, 0.5) is 0 Å². The van der Waals surface area contributed by atoms with Gasteiger partial charge < -0.3 is 9.88 Å². The van der Waals surface area contributed by atoms with E-state index < -0.39 is 0 Å². The molecule has 0 saturated carbocycles. The molecule has 0 aliphatic carbocycles. The van der Waals surface area contributed by atoms with Crippen molar-refractivity contribution < 1.29 is 4.79 Å². The number of nitrogens with zero attached hydrogens (tertiary/aromatic N) is 4. The molecule has 2 aromatic heterocycles. The number of rotatable bonds is 6. The second-order valence-electron chi connectivity index (χ2n) is 6.68. The first-order valence-electron chi connectivity index (χ1n) is 8.60. The van der Waals surface area contributed by atoms with Gasteiger partial charge in [0.05, 0.1) is 6.54 Å². The van der Waals surface area contributed by atoms with Crippen molar-refractivity contribution in [3.05, 3.63) is 35.7 Å². The molecule has 1 saturated heterocycles. The topological polar surface area (TPSA) is 78.8 Å². The summed E-state index contributed by atoms with van der Waals surface area (Å²) in [5.41, 5.74) is 1.37. The quantitative estimate of drug-likeness (QED) is 0.841. The standard InChI is InChI=1S/C17H26N6O/c1-13-10-15(21-20-13)17(24)19-6-5-14-4-3-8-23(11-14)12-16-18-7-9-22(16)2/h7,9-10,14H,3-6,8,11-12H2,1-2H3,(H,19,24)(H,20,21). The number of hydrogen-bond acceptors (Lipinski definition) is 4. The Morgan fingerprint density at radius 3 is 3.08 bits per heavy atom. The first-order chi connectivity index (χ1) is 11.6. The number of piperidine rings is 1. The normalized spacial score (nSPS) is 18.7. The minimum absolute atomic E-state index is 0.0972. The lowest BCUT2D eigenvalue weighted by molar-refractivity contribution is 0.0941. The smallest absolute Gasteiger partial charge is 0.271 e. The third kappa shape index (κ3) is 4.23. The molecule has 0 radical (unpaired) electrons. The number of carbonyl (C=O) groups excluding carboxylic acids is 1. The Morgan fingerprint density at radius 2 is 2.38 bits per heavy atom. The van der Waals surface area contributed by atoms with Gasteiger partial charge in [-0.25, -0.2) is 4.98 Å². The van der Waals surface area contributed by atoms with Gasteiger partial charge in [0.1, 0.15) is 11.5 Å². The summed E-state index contributed by atoms with van der Waals surface area (Å²) in [6, 6.07) is 1.77. The van der Waals surface area contributed by atoms with E-state index in [1.165, 1.54) is 12.8 Å². The Kier molecular flexibility index (Phi) is 5.30. The molecular formula is C17H26N6O. The molecule has 7 nitrogen and oxygen atoms in total. The van der Waals surface area contributed by atoms with Crippen LogP contribution in [0.15, 0.2) is 18.5 Å². The van der Waals surface area contributed by atoms with E-state index in [1.54, 1.807) is 6.07 Å². The van der Waals surface area contributed by atoms with Gasteiger partial charge in [-0.2, -0.15) is 5.10 Å². The number of likely N-dealkylation sites (tertiary alicyclic amines) is 1. The van der Waals surface area contributed by atoms with Crippen molar-refractivity contribution in [2.24, 2.45) is 13.0 Å². The van der Waals surface area contributed by atoms with Gasteiger partial charge in [-0.3, -0.25) is 14.8 Å². The summed E-state index contributed by atoms with van der Waals surface area (Å²) in [7, 11) is 2.04. The number of aromatic nitrogens is 4. The Labute approximate surface area is 142 Å². The van der Waals surface area contributed by atoms with E-state index in [9.17, 15) is 4.79 Å². The lowest BCUT2D eigenvalue weighted by atomic mass is 9.95. The predicted octanol–water partition coefficient (Wildman–Crippen LogP) is 1.48. The summed E-state index contributed by atoms with van der Waals surface area (Å²) in [5.74, 6) is 1.64. The number of amides is 1. The number of imidazole rings is 1. The monoisotopic (exact) mass is 330 g/mol. The van der Waals surface area contributed by atoms with E-state index in [4.69, 9.17) is 0 Å². The van der Waals surface area contributed by atoms with Gasteiger partial charge in [0.2, 0.25) is 0 Å². The SMILES string of the molecule is Cc1cc(C(=O)NCCC2CCCN(Cc3nccn3C)C2)n[nH]1. The largest absolute Gasteiger partial charge is 0.351 e. The van der Waals surface area contributed by atoms with Crippen molar-refractivity contribution in [1.82, 2.24) is 30.0 Å². The predicted molar refractivity (Wildman–Crippen MR) is 91.5 cm³/mol. The zero-order chi connectivity index (χ0) is 16.9. The van der Waals surface area contributed by atoms with Gasteiger partial charge in [0, 0.05) is 38.2 Å². The number of H-pyrrole nitrogens is 1. The highest BCUT2D eigenvalue weighted by atomic mass is 16.1. The van der Waals surface area contributed by atoms with E-state index in [2.05, 4.69) is 30.0 Å². The van der Waals surface area contributed by atoms with E-state index in [0.717, 1.165) is 37.6 Å². The van der Waals surface area contributed by atoms with Crippen molar-refractivity contribution in [2.45, 2.75) is 32.7 Å². The van der Waals surface area contributed by atoms with Crippen LogP contribution in [0.5, 0.6) is 0 Å². The minimum atomic E-state index is -0.0972. The summed E-state index contributed by atoms with van der Waals surface area (Å²) in [4.78, 5) is 18.9. The van der Waals surface area contributed by atoms with E-state index in [-0.39, 0.29) is 5.91 Å². The molecule has 3 heterocycles. The van der Waals surface area contributed by atoms with Crippen LogP contribution in [0.3, 0.4) is 0 Å². The van der Waals surface area contributed by atoms with Crippen LogP contribution in [0, 0.1) is 12.8 Å². The molecule has 1 atom stereocenters. The molecule has 0 bridgehead atoms. The van der Waals surface area contributed by atoms with Crippen molar-refractivity contribution in [3.8, 4) is 0 Å². The highest BCUT2D eigenvalue weighted by Crippen LogP contribution is 2.20. The molecule has 1 fully saturated rings. The molecule has 1 aliphatic rings. The van der Waals surface area contributed by atoms with Gasteiger partial charge in [-0.15, -0.1) is 0 Å². The summed E-state index contributed by atoms with van der Waals surface area (Å²) < 4.78 is 2.08. The van der Waals surface area contributed by atoms with Gasteiger partial charge in [-0.1, -0.05) is 0 Å². The van der Waals surface area contributed by atoms with Crippen LogP contribution >= 0.6 is 0 Å². The fraction of sp³-hybridized carbons (Fsp3) is 0.588. The lowest BCUT2D eigenvalue weighted by Crippen LogP contribution is -2.37. The zero-order valence-corrected chi connectivity index (χ0v) is 14.5. The van der Waals surface area contributed by atoms with Crippen LogP contribution in [-0.4, -0.2) is 50.2 Å². The van der Waals surface area contributed by atoms with Crippen molar-refractivity contribution in [3.63, 3.8) is 0 Å². The molecule has 0 aromatic carbocycles. The first kappa shape index (κ1) is 16.7. The molecule has 1 aliphatic heterocycles. The molecular weight excluding hydrogens is 304 g/mol. The zero-order valence-electron chi connectivity index (χ0n) is 14.5. The third-order valence-corrected chi connectivity index (χ3v) is 4.67. The Morgan fingerprint density at radius 1 is 1.50 bits per heavy atom. The average Bonchev–Trinajstić information content (AvgIpc) is 3.17. The summed E-state index contributed by atoms with van der Waals surface area (Å²) >= 11 is 0. The molecule has 2 aromatic rings. The fourth-order valence-electron chi connectivity index (χ4n) is 3.29. The van der Waals surface area contributed by atoms with Crippen molar-refractivity contribution >= 4 is 5.91 Å². The van der Waals surface area contributed by atoms with Gasteiger partial charge in [-0.05, 0) is 44.7 Å². The Hall–Kier alpha value is -2.15. The molecule has 7 heteroatoms. The van der Waals surface area contributed by atoms with Crippen molar-refractivity contribution in [1.29, 1.82) is 0 Å². The number of aryl methyl sites for hydroxylation is 2. The molecule has 24 heavy (non-hydrogen) atoms. The minimum Gasteiger partial charge on any atom is -0.351 e. The Bertz CT molecular complexity index is 676. The fourth-order valence-corrected chi connectivity index (χ4v) is 3.29. The second-order valence-corrected chi connectivity index (χ2v) is 6.68. The molecule has 0 spiro atoms. The van der Waals surface area contributed by atoms with Gasteiger partial charge in [0.15, 0.2) is 0 Å². The van der Waals surface area contributed by atoms with Gasteiger partial charge in [0.25, 0.3) is 5.91 Å². The third-order valence-electron chi connectivity index (χ3n) is 4.67. The maximum absolute atomic E-state index is 12.0. The maximum Gasteiger partial charge on any atom is 0.271 e. The van der Waals surface area contributed by atoms with Crippen LogP contribution in [-0.2, 0) is 13.6 Å². The summed E-state index contributed by atoms with van der Waals surface area (Å²) in [5, 5.41) is 9.76. The van der Waals surface area contributed by atoms with E-state index >= 15 is 0 Å². The average molecular weight is 330 g/mol. The highest BCUT2D eigenvalue weighted by Gasteiger charge is 2.21. The lowest BCUT2D eigenvalue weighted by Gasteiger charge is -2.32. The molecule has 3 rings (SSSR count). The summed E-state index contributed by atoms with van der Waals surface area (Å²) in [6.07, 6.45) is 7.29. The molecule has 1 amide bonds. The van der Waals surface area contributed by atoms with Crippen LogP contribution in [0.2, 0.25) is 0 Å². The van der Waals surface area contributed by atoms with E-state index in [0.29, 0.717) is 18.2 Å². The highest BCUT2D eigenvalue weighted by molar-refractivity contribution is 5.92. The number of nitrogens with one attached hydrogen (secondary N) is 2. The second kappa shape index (κ2) is 7.61. The number of hydrogen-bond donors (Lipinski definition) is 2. The van der Waals surface area contributed by atoms with Crippen LogP contribution in [0.1, 0.15) is 41.3 Å².